The lowest BCUT2D eigenvalue weighted by atomic mass is 10.3. The van der Waals surface area contributed by atoms with Crippen molar-refractivity contribution in [2.45, 2.75) is 22.8 Å². The molecule has 2 N–H and O–H groups in total. The minimum Gasteiger partial charge on any atom is -0.495 e. The number of rotatable bonds is 6. The van der Waals surface area contributed by atoms with E-state index in [2.05, 4.69) is 0 Å². The predicted octanol–water partition coefficient (Wildman–Crippen LogP) is 0.0664. The Morgan fingerprint density at radius 2 is 1.86 bits per heavy atom. The molecule has 0 heterocycles. The zero-order valence-corrected chi connectivity index (χ0v) is 14.0. The van der Waals surface area contributed by atoms with Crippen LogP contribution in [0.5, 0.6) is 5.75 Å². The third-order valence-electron chi connectivity index (χ3n) is 3.18. The Morgan fingerprint density at radius 3 is 2.29 bits per heavy atom. The van der Waals surface area contributed by atoms with Crippen LogP contribution >= 0.6 is 0 Å². The van der Waals surface area contributed by atoms with Gasteiger partial charge in [0.1, 0.15) is 10.6 Å². The molecule has 0 bridgehead atoms. The van der Waals surface area contributed by atoms with Crippen molar-refractivity contribution in [3.63, 3.8) is 0 Å². The molecule has 0 aliphatic rings. The molecule has 1 rings (SSSR count). The number of nitrogens with zero attached hydrogens (tertiary/aromatic N) is 1. The molecule has 0 spiro atoms. The largest absolute Gasteiger partial charge is 0.495 e. The van der Waals surface area contributed by atoms with E-state index in [1.165, 1.54) is 26.3 Å². The van der Waals surface area contributed by atoms with Crippen LogP contribution in [0, 0.1) is 0 Å². The Labute approximate surface area is 125 Å². The third kappa shape index (κ3) is 3.73. The van der Waals surface area contributed by atoms with Crippen LogP contribution in [0.2, 0.25) is 0 Å². The number of sulfone groups is 1. The van der Waals surface area contributed by atoms with Crippen molar-refractivity contribution in [1.29, 1.82) is 0 Å². The van der Waals surface area contributed by atoms with E-state index in [4.69, 9.17) is 10.5 Å². The molecule has 0 radical (unpaired) electrons. The van der Waals surface area contributed by atoms with Gasteiger partial charge in [-0.3, -0.25) is 0 Å². The maximum absolute atomic E-state index is 12.6. The van der Waals surface area contributed by atoms with Crippen LogP contribution in [0.25, 0.3) is 0 Å². The molecule has 7 nitrogen and oxygen atoms in total. The zero-order valence-electron chi connectivity index (χ0n) is 12.4. The van der Waals surface area contributed by atoms with Crippen LogP contribution in [0.4, 0.5) is 0 Å². The van der Waals surface area contributed by atoms with Gasteiger partial charge in [0.15, 0.2) is 9.84 Å². The molecule has 0 saturated carbocycles. The summed E-state index contributed by atoms with van der Waals surface area (Å²) >= 11 is 0. The second-order valence-corrected chi connectivity index (χ2v) is 8.67. The predicted molar refractivity (Wildman–Crippen MR) is 79.6 cm³/mol. The Kier molecular flexibility index (Phi) is 5.37. The number of hydrogen-bond acceptors (Lipinski definition) is 6. The number of hydrogen-bond donors (Lipinski definition) is 1. The zero-order chi connectivity index (χ0) is 16.4. The first-order valence-electron chi connectivity index (χ1n) is 6.12. The van der Waals surface area contributed by atoms with Crippen LogP contribution in [-0.4, -0.2) is 54.1 Å². The van der Waals surface area contributed by atoms with Gasteiger partial charge in [0.05, 0.1) is 12.0 Å². The molecule has 1 aromatic carbocycles. The van der Waals surface area contributed by atoms with Gasteiger partial charge in [0, 0.05) is 25.9 Å². The molecule has 0 aliphatic carbocycles. The van der Waals surface area contributed by atoms with Crippen molar-refractivity contribution >= 4 is 19.9 Å². The highest BCUT2D eigenvalue weighted by molar-refractivity contribution is 7.91. The Morgan fingerprint density at radius 1 is 1.29 bits per heavy atom. The van der Waals surface area contributed by atoms with E-state index in [1.54, 1.807) is 6.92 Å². The number of methoxy groups -OCH3 is 1. The number of ether oxygens (including phenoxy) is 1. The van der Waals surface area contributed by atoms with E-state index in [9.17, 15) is 16.8 Å². The molecule has 0 fully saturated rings. The molecule has 21 heavy (non-hydrogen) atoms. The molecule has 0 aromatic heterocycles. The SMILES string of the molecule is COc1ccc(S(C)(=O)=O)cc1S(=O)(=O)N(C)C(C)CN. The summed E-state index contributed by atoms with van der Waals surface area (Å²) in [4.78, 5) is -0.286. The molecule has 1 unspecified atom stereocenters. The van der Waals surface area contributed by atoms with Gasteiger partial charge in [-0.15, -0.1) is 0 Å². The summed E-state index contributed by atoms with van der Waals surface area (Å²) in [5.41, 5.74) is 5.48. The van der Waals surface area contributed by atoms with Crippen LogP contribution in [-0.2, 0) is 19.9 Å². The van der Waals surface area contributed by atoms with E-state index in [1.807, 2.05) is 0 Å². The minimum atomic E-state index is -3.91. The van der Waals surface area contributed by atoms with Crippen molar-refractivity contribution in [3.05, 3.63) is 18.2 Å². The molecule has 120 valence electrons. The van der Waals surface area contributed by atoms with E-state index in [-0.39, 0.29) is 22.1 Å². The summed E-state index contributed by atoms with van der Waals surface area (Å²) in [5, 5.41) is 0. The summed E-state index contributed by atoms with van der Waals surface area (Å²) in [7, 11) is -4.73. The first kappa shape index (κ1) is 17.9. The van der Waals surface area contributed by atoms with Crippen LogP contribution in [0.1, 0.15) is 6.92 Å². The van der Waals surface area contributed by atoms with Gasteiger partial charge in [-0.1, -0.05) is 0 Å². The van der Waals surface area contributed by atoms with Crippen LogP contribution < -0.4 is 10.5 Å². The molecule has 1 aromatic rings. The van der Waals surface area contributed by atoms with E-state index in [0.717, 1.165) is 16.6 Å². The van der Waals surface area contributed by atoms with Gasteiger partial charge in [-0.25, -0.2) is 16.8 Å². The molecule has 0 saturated heterocycles. The van der Waals surface area contributed by atoms with Gasteiger partial charge < -0.3 is 10.5 Å². The minimum absolute atomic E-state index is 0.0819. The lowest BCUT2D eigenvalue weighted by molar-refractivity contribution is 0.380. The fraction of sp³-hybridized carbons (Fsp3) is 0.500. The van der Waals surface area contributed by atoms with Crippen molar-refractivity contribution < 1.29 is 21.6 Å². The van der Waals surface area contributed by atoms with Gasteiger partial charge in [0.25, 0.3) is 0 Å². The van der Waals surface area contributed by atoms with Gasteiger partial charge in [-0.2, -0.15) is 4.31 Å². The molecular weight excluding hydrogens is 316 g/mol. The van der Waals surface area contributed by atoms with Crippen molar-refractivity contribution in [1.82, 2.24) is 4.31 Å². The summed E-state index contributed by atoms with van der Waals surface area (Å²) in [5.74, 6) is 0.0819. The van der Waals surface area contributed by atoms with E-state index >= 15 is 0 Å². The maximum Gasteiger partial charge on any atom is 0.246 e. The summed E-state index contributed by atoms with van der Waals surface area (Å²) in [6, 6.07) is 3.30. The number of sulfonamides is 1. The number of benzene rings is 1. The van der Waals surface area contributed by atoms with Gasteiger partial charge >= 0.3 is 0 Å². The number of likely N-dealkylation sites (N-methyl/N-ethyl adjacent to an activating group) is 1. The quantitative estimate of drug-likeness (QED) is 0.787. The highest BCUT2D eigenvalue weighted by Crippen LogP contribution is 2.29. The van der Waals surface area contributed by atoms with Gasteiger partial charge in [-0.05, 0) is 25.1 Å². The second-order valence-electron chi connectivity index (χ2n) is 4.69. The molecule has 0 aliphatic heterocycles. The van der Waals surface area contributed by atoms with Gasteiger partial charge in [0.2, 0.25) is 10.0 Å². The molecular formula is C12H20N2O5S2. The van der Waals surface area contributed by atoms with Crippen molar-refractivity contribution in [3.8, 4) is 5.75 Å². The standard InChI is InChI=1S/C12H20N2O5S2/c1-9(8-13)14(2)21(17,18)12-7-10(20(4,15)16)5-6-11(12)19-3/h5-7,9H,8,13H2,1-4H3. The average molecular weight is 336 g/mol. The summed E-state index contributed by atoms with van der Waals surface area (Å²) in [6.07, 6.45) is 1.01. The Bertz CT molecular complexity index is 713. The Balaban J connectivity index is 3.53. The first-order valence-corrected chi connectivity index (χ1v) is 9.45. The average Bonchev–Trinajstić information content (AvgIpc) is 2.43. The first-order chi connectivity index (χ1) is 9.55. The lowest BCUT2D eigenvalue weighted by Gasteiger charge is -2.24. The lowest BCUT2D eigenvalue weighted by Crippen LogP contribution is -2.39. The smallest absolute Gasteiger partial charge is 0.246 e. The van der Waals surface area contributed by atoms with Crippen LogP contribution in [0.15, 0.2) is 28.0 Å². The monoisotopic (exact) mass is 336 g/mol. The molecule has 1 atom stereocenters. The highest BCUT2D eigenvalue weighted by atomic mass is 32.2. The van der Waals surface area contributed by atoms with E-state index < -0.39 is 25.9 Å². The second kappa shape index (κ2) is 6.30. The van der Waals surface area contributed by atoms with Crippen LogP contribution in [0.3, 0.4) is 0 Å². The summed E-state index contributed by atoms with van der Waals surface area (Å²) in [6.45, 7) is 1.80. The third-order valence-corrected chi connectivity index (χ3v) is 6.29. The maximum atomic E-state index is 12.6. The molecule has 9 heteroatoms. The highest BCUT2D eigenvalue weighted by Gasteiger charge is 2.29. The number of nitrogens with two attached hydrogens (primary N) is 1. The van der Waals surface area contributed by atoms with Crippen molar-refractivity contribution in [2.24, 2.45) is 5.73 Å². The van der Waals surface area contributed by atoms with Crippen molar-refractivity contribution in [2.75, 3.05) is 27.0 Å². The topological polar surface area (TPSA) is 107 Å². The Hall–Kier alpha value is -1.16. The summed E-state index contributed by atoms with van der Waals surface area (Å²) < 4.78 is 54.5. The fourth-order valence-electron chi connectivity index (χ4n) is 1.63. The normalized spacial score (nSPS) is 14.2. The molecule has 0 amide bonds. The fourth-order valence-corrected chi connectivity index (χ4v) is 3.90. The van der Waals surface area contributed by atoms with E-state index in [0.29, 0.717) is 0 Å².